The van der Waals surface area contributed by atoms with E-state index in [2.05, 4.69) is 34.0 Å². The molecule has 13 heteroatoms. The summed E-state index contributed by atoms with van der Waals surface area (Å²) in [6, 6.07) is -1.86. The molecule has 4 saturated carbocycles. The Kier molecular flexibility index (Phi) is 14.4. The lowest BCUT2D eigenvalue weighted by molar-refractivity contribution is -0.192. The van der Waals surface area contributed by atoms with Crippen LogP contribution < -0.4 is 10.6 Å². The van der Waals surface area contributed by atoms with Crippen molar-refractivity contribution in [1.82, 2.24) is 15.5 Å². The van der Waals surface area contributed by atoms with Gasteiger partial charge in [-0.15, -0.1) is 12.5 Å². The van der Waals surface area contributed by atoms with Gasteiger partial charge in [0.25, 0.3) is 0 Å². The summed E-state index contributed by atoms with van der Waals surface area (Å²) in [5.74, 6) is 1.58. The van der Waals surface area contributed by atoms with Gasteiger partial charge >= 0.3 is 17.9 Å². The summed E-state index contributed by atoms with van der Waals surface area (Å²) in [5.41, 5.74) is -1.32. The van der Waals surface area contributed by atoms with Crippen LogP contribution in [0.5, 0.6) is 0 Å². The lowest BCUT2D eigenvalue weighted by Gasteiger charge is -2.54. The topological polar surface area (TPSA) is 170 Å². The minimum absolute atomic E-state index is 0.0687. The van der Waals surface area contributed by atoms with Crippen molar-refractivity contribution >= 4 is 29.7 Å². The number of cyclic esters (lactones) is 1. The van der Waals surface area contributed by atoms with Crippen molar-refractivity contribution < 1.29 is 48.0 Å². The summed E-state index contributed by atoms with van der Waals surface area (Å²) in [7, 11) is 2.45. The molecular formula is C46H67N3O10. The molecule has 3 heterocycles. The van der Waals surface area contributed by atoms with Gasteiger partial charge in [-0.25, -0.2) is 0 Å². The predicted molar refractivity (Wildman–Crippen MR) is 217 cm³/mol. The smallest absolute Gasteiger partial charge is 0.324 e. The van der Waals surface area contributed by atoms with Crippen molar-refractivity contribution in [2.45, 2.75) is 152 Å². The first-order valence-corrected chi connectivity index (χ1v) is 22.7. The first kappa shape index (κ1) is 43.6. The average Bonchev–Trinajstić information content (AvgIpc) is 3.74. The van der Waals surface area contributed by atoms with Crippen LogP contribution >= 0.6 is 0 Å². The van der Waals surface area contributed by atoms with E-state index in [-0.39, 0.29) is 91.9 Å². The number of hydrogen-bond acceptors (Lipinski definition) is 11. The maximum atomic E-state index is 15.6. The fraction of sp³-hybridized carbons (Fsp3) is 0.804. The Labute approximate surface area is 349 Å². The second-order valence-corrected chi connectivity index (χ2v) is 18.4. The van der Waals surface area contributed by atoms with Gasteiger partial charge in [-0.05, 0) is 75.5 Å². The third-order valence-electron chi connectivity index (χ3n) is 15.4. The van der Waals surface area contributed by atoms with Crippen LogP contribution in [0, 0.1) is 58.7 Å². The quantitative estimate of drug-likeness (QED) is 0.0847. The van der Waals surface area contributed by atoms with Crippen LogP contribution in [-0.4, -0.2) is 110 Å². The molecule has 59 heavy (non-hydrogen) atoms. The molecule has 0 aromatic heterocycles. The van der Waals surface area contributed by atoms with Gasteiger partial charge in [0.1, 0.15) is 12.1 Å². The number of amides is 2. The second kappa shape index (κ2) is 19.5. The summed E-state index contributed by atoms with van der Waals surface area (Å²) in [4.78, 5) is 73.1. The molecule has 7 fully saturated rings. The van der Waals surface area contributed by atoms with Crippen LogP contribution in [0.1, 0.15) is 116 Å². The van der Waals surface area contributed by atoms with E-state index in [4.69, 9.17) is 18.9 Å². The number of nitrogens with one attached hydrogen (secondary N) is 2. The molecule has 11 atom stereocenters. The Bertz CT molecular complexity index is 1600. The normalized spacial score (nSPS) is 36.4. The minimum atomic E-state index is -1.32. The number of aliphatic hydroxyl groups is 1. The summed E-state index contributed by atoms with van der Waals surface area (Å²) < 4.78 is 23.0. The number of aliphatic hydroxyl groups excluding tert-OH is 1. The van der Waals surface area contributed by atoms with E-state index < -0.39 is 47.2 Å². The standard InChI is InChI=1S/C46H67N3O10/c1-4-24-47-41(51)36-38-44(54)59-39(30-17-9-6-10-18-30)37(29-15-7-5-8-16-29)49(38)40(31-19-11-12-21-35(31)58-26-25-50)46(36)33-27-28(22-23-34(33)48-45(46)55)14-13-20-32(42(52)56-2)43(53)57-3/h4,28-40,50H,1,5-12,15-27H2,2-3H3,(H,47,51)(H,48,55)/t28?,31?,33?,34?,35?,36-,37-,38-,39+,40+,46-/m0/s1. The van der Waals surface area contributed by atoms with Crippen LogP contribution in [0.4, 0.5) is 0 Å². The number of carbonyl (C=O) groups excluding carboxylic acids is 5. The molecule has 0 radical (unpaired) electrons. The van der Waals surface area contributed by atoms with E-state index in [1.807, 2.05) is 0 Å². The number of rotatable bonds is 12. The Hall–Kier alpha value is -3.47. The molecule has 2 amide bonds. The van der Waals surface area contributed by atoms with E-state index in [1.54, 1.807) is 6.08 Å². The fourth-order valence-corrected chi connectivity index (χ4v) is 13.1. The zero-order chi connectivity index (χ0) is 41.7. The number of methoxy groups -OCH3 is 2. The average molecular weight is 822 g/mol. The van der Waals surface area contributed by atoms with Crippen molar-refractivity contribution in [3.8, 4) is 11.8 Å². The van der Waals surface area contributed by atoms with Gasteiger partial charge in [0.15, 0.2) is 5.92 Å². The molecule has 0 aromatic rings. The first-order valence-electron chi connectivity index (χ1n) is 22.7. The predicted octanol–water partition coefficient (Wildman–Crippen LogP) is 4.24. The summed E-state index contributed by atoms with van der Waals surface area (Å²) >= 11 is 0. The van der Waals surface area contributed by atoms with Crippen LogP contribution in [0.2, 0.25) is 0 Å². The highest BCUT2D eigenvalue weighted by Crippen LogP contribution is 2.64. The monoisotopic (exact) mass is 821 g/mol. The van der Waals surface area contributed by atoms with Crippen molar-refractivity contribution in [3.63, 3.8) is 0 Å². The minimum Gasteiger partial charge on any atom is -0.468 e. The number of carbonyl (C=O) groups is 5. The lowest BCUT2D eigenvalue weighted by Crippen LogP contribution is -2.66. The number of esters is 3. The third-order valence-corrected chi connectivity index (χ3v) is 15.4. The van der Waals surface area contributed by atoms with E-state index >= 15 is 14.4 Å². The number of morpholine rings is 1. The van der Waals surface area contributed by atoms with E-state index in [0.717, 1.165) is 83.5 Å². The maximum Gasteiger partial charge on any atom is 0.324 e. The van der Waals surface area contributed by atoms with Crippen LogP contribution in [0.3, 0.4) is 0 Å². The van der Waals surface area contributed by atoms with Crippen molar-refractivity contribution in [3.05, 3.63) is 12.7 Å². The molecule has 3 N–H and O–H groups in total. The number of fused-ring (bicyclic) bond motifs is 3. The van der Waals surface area contributed by atoms with Gasteiger partial charge in [0, 0.05) is 36.9 Å². The molecular weight excluding hydrogens is 755 g/mol. The number of hydrogen-bond donors (Lipinski definition) is 3. The Morgan fingerprint density at radius 3 is 2.27 bits per heavy atom. The maximum absolute atomic E-state index is 15.6. The van der Waals surface area contributed by atoms with Gasteiger partial charge in [-0.3, -0.25) is 28.9 Å². The molecule has 0 bridgehead atoms. The lowest BCUT2D eigenvalue weighted by atomic mass is 9.55. The van der Waals surface area contributed by atoms with Gasteiger partial charge in [0.2, 0.25) is 11.8 Å². The van der Waals surface area contributed by atoms with Gasteiger partial charge in [0.05, 0.1) is 50.9 Å². The molecule has 7 rings (SSSR count). The Morgan fingerprint density at radius 2 is 1.61 bits per heavy atom. The molecule has 326 valence electrons. The molecule has 7 aliphatic rings. The third kappa shape index (κ3) is 8.31. The highest BCUT2D eigenvalue weighted by atomic mass is 16.6. The first-order chi connectivity index (χ1) is 28.7. The van der Waals surface area contributed by atoms with Crippen LogP contribution in [0.25, 0.3) is 0 Å². The molecule has 1 spiro atoms. The van der Waals surface area contributed by atoms with Crippen LogP contribution in [-0.2, 0) is 42.9 Å². The molecule has 13 nitrogen and oxygen atoms in total. The van der Waals surface area contributed by atoms with Crippen molar-refractivity contribution in [1.29, 1.82) is 0 Å². The summed E-state index contributed by atoms with van der Waals surface area (Å²) in [5, 5.41) is 16.5. The molecule has 3 saturated heterocycles. The van der Waals surface area contributed by atoms with Crippen molar-refractivity contribution in [2.75, 3.05) is 34.0 Å². The van der Waals surface area contributed by atoms with E-state index in [0.29, 0.717) is 19.3 Å². The molecule has 5 unspecified atom stereocenters. The number of nitrogens with zero attached hydrogens (tertiary/aromatic N) is 1. The summed E-state index contributed by atoms with van der Waals surface area (Å²) in [6.07, 6.45) is 16.8. The largest absolute Gasteiger partial charge is 0.468 e. The zero-order valence-corrected chi connectivity index (χ0v) is 35.2. The van der Waals surface area contributed by atoms with Crippen LogP contribution in [0.15, 0.2) is 12.7 Å². The molecule has 0 aromatic carbocycles. The van der Waals surface area contributed by atoms with E-state index in [1.165, 1.54) is 20.6 Å². The Morgan fingerprint density at radius 1 is 0.949 bits per heavy atom. The highest BCUT2D eigenvalue weighted by Gasteiger charge is 2.78. The highest BCUT2D eigenvalue weighted by molar-refractivity contribution is 5.99. The number of ether oxygens (including phenoxy) is 4. The van der Waals surface area contributed by atoms with Crippen molar-refractivity contribution in [2.24, 2.45) is 46.8 Å². The van der Waals surface area contributed by atoms with Gasteiger partial charge in [-0.2, -0.15) is 0 Å². The van der Waals surface area contributed by atoms with E-state index in [9.17, 15) is 14.7 Å². The zero-order valence-electron chi connectivity index (χ0n) is 35.2. The fourth-order valence-electron chi connectivity index (χ4n) is 13.1. The SMILES string of the molecule is C=CCNC(=O)[C@@H]1[C@H]2C(=O)O[C@H](C3CCCCC3)[C@H](C3CCCCC3)N2[C@H](C2CCCCC2OCCO)[C@@]12C(=O)NC1CCC(C#CCC(C(=O)OC)C(=O)OC)CC12. The van der Waals surface area contributed by atoms with Gasteiger partial charge < -0.3 is 34.7 Å². The van der Waals surface area contributed by atoms with Gasteiger partial charge in [-0.1, -0.05) is 63.4 Å². The summed E-state index contributed by atoms with van der Waals surface area (Å²) in [6.45, 7) is 4.09. The molecule has 3 aliphatic heterocycles. The Balaban J connectivity index is 1.38. The second-order valence-electron chi connectivity index (χ2n) is 18.4. The molecule has 4 aliphatic carbocycles.